The zero-order chi connectivity index (χ0) is 84.6. The highest BCUT2D eigenvalue weighted by molar-refractivity contribution is 6.05. The summed E-state index contributed by atoms with van der Waals surface area (Å²) in [6.45, 7) is 1.13. The highest BCUT2D eigenvalue weighted by atomic mass is 16.5. The molecule has 0 spiro atoms. The van der Waals surface area contributed by atoms with Crippen LogP contribution < -0.4 is 86.3 Å². The summed E-state index contributed by atoms with van der Waals surface area (Å²) in [7, 11) is 0. The lowest BCUT2D eigenvalue weighted by Gasteiger charge is -2.30. The van der Waals surface area contributed by atoms with Crippen molar-refractivity contribution >= 4 is 124 Å². The number of ketones is 1. The van der Waals surface area contributed by atoms with Crippen molar-refractivity contribution in [1.82, 2.24) is 69.1 Å². The van der Waals surface area contributed by atoms with Crippen LogP contribution in [0.5, 0.6) is 0 Å². The second kappa shape index (κ2) is 49.1. The fraction of sp³-hybridized carbons (Fsp3) is 0.549. The summed E-state index contributed by atoms with van der Waals surface area (Å²) >= 11 is 0. The van der Waals surface area contributed by atoms with Gasteiger partial charge in [-0.25, -0.2) is 4.79 Å². The molecule has 0 aliphatic carbocycles. The molecule has 1 aliphatic rings. The van der Waals surface area contributed by atoms with Crippen LogP contribution in [0.4, 0.5) is 5.69 Å². The first-order valence-corrected chi connectivity index (χ1v) is 36.3. The zero-order valence-electron chi connectivity index (χ0n) is 62.8. The molecule has 622 valence electrons. The van der Waals surface area contributed by atoms with E-state index in [0.717, 1.165) is 58.4 Å². The van der Waals surface area contributed by atoms with Crippen molar-refractivity contribution in [2.75, 3.05) is 32.0 Å². The number of ether oxygens (including phenoxy) is 1. The predicted octanol–water partition coefficient (Wildman–Crippen LogP) is -5.71. The van der Waals surface area contributed by atoms with Crippen molar-refractivity contribution in [3.05, 3.63) is 65.7 Å². The van der Waals surface area contributed by atoms with E-state index in [0.29, 0.717) is 12.8 Å². The van der Waals surface area contributed by atoms with Gasteiger partial charge in [0.15, 0.2) is 5.78 Å². The molecule has 13 atom stereocenters. The number of unbranched alkanes of at least 4 members (excludes halogenated alkanes) is 6. The van der Waals surface area contributed by atoms with Crippen LogP contribution in [0, 0.1) is 5.92 Å². The molecule has 3 rings (SSSR count). The van der Waals surface area contributed by atoms with Gasteiger partial charge in [-0.05, 0) is 76.1 Å². The number of carboxylic acid groups (broad SMARTS) is 4. The number of nitrogen functional groups attached to an aromatic ring is 1. The van der Waals surface area contributed by atoms with Crippen molar-refractivity contribution in [2.24, 2.45) is 17.4 Å². The number of amides is 14. The maximum absolute atomic E-state index is 14.8. The highest BCUT2D eigenvalue weighted by Crippen LogP contribution is 2.19. The maximum Gasteiger partial charge on any atom is 0.329 e. The Hall–Kier alpha value is -12.2. The van der Waals surface area contributed by atoms with Crippen LogP contribution >= 0.6 is 0 Å². The summed E-state index contributed by atoms with van der Waals surface area (Å²) in [6.07, 6.45) is -3.42. The van der Waals surface area contributed by atoms with E-state index in [2.05, 4.69) is 60.1 Å². The maximum atomic E-state index is 14.8. The number of aliphatic carboxylic acids is 4. The number of hydrogen-bond donors (Lipinski definition) is 21. The van der Waals surface area contributed by atoms with Gasteiger partial charge in [0.05, 0.1) is 51.8 Å². The van der Waals surface area contributed by atoms with Crippen LogP contribution in [-0.2, 0) is 102 Å². The largest absolute Gasteiger partial charge is 0.481 e. The summed E-state index contributed by atoms with van der Waals surface area (Å²) < 4.78 is 5.67. The number of primary amides is 1. The topological polar surface area (TPSA) is 686 Å². The molecule has 24 N–H and O–H groups in total. The first-order chi connectivity index (χ1) is 53.4. The summed E-state index contributed by atoms with van der Waals surface area (Å²) in [5.74, 6) is -29.6. The third-order valence-electron chi connectivity index (χ3n) is 17.3. The number of aliphatic hydroxyl groups excluding tert-OH is 1. The number of nitrogens with two attached hydrogens (primary N) is 3. The number of nitrogens with one attached hydrogen (secondary N) is 13. The smallest absolute Gasteiger partial charge is 0.329 e. The molecule has 42 nitrogen and oxygen atoms in total. The third kappa shape index (κ3) is 35.1. The Bertz CT molecular complexity index is 3730. The minimum Gasteiger partial charge on any atom is -0.481 e. The van der Waals surface area contributed by atoms with Crippen LogP contribution in [0.25, 0.3) is 0 Å². The first kappa shape index (κ1) is 95.0. The molecule has 1 aliphatic heterocycles. The number of Topliss-reactive ketones (excluding diaryl/α,β-unsaturated/α-hetero) is 1. The van der Waals surface area contributed by atoms with Gasteiger partial charge in [-0.15, -0.1) is 0 Å². The minimum atomic E-state index is -2.44. The molecule has 2 aromatic rings. The lowest BCUT2D eigenvalue weighted by molar-refractivity contribution is -0.156. The van der Waals surface area contributed by atoms with Gasteiger partial charge in [-0.3, -0.25) is 91.1 Å². The number of aliphatic hydroxyl groups is 1. The highest BCUT2D eigenvalue weighted by Gasteiger charge is 2.41. The van der Waals surface area contributed by atoms with E-state index >= 15 is 0 Å². The Morgan fingerprint density at radius 3 is 1.63 bits per heavy atom. The number of carbonyl (C=O) groups excluding carboxylic acids is 16. The number of hydrogen-bond acceptors (Lipinski definition) is 24. The normalized spacial score (nSPS) is 21.3. The summed E-state index contributed by atoms with van der Waals surface area (Å²) in [6, 6.07) is -8.61. The second-order valence-corrected chi connectivity index (χ2v) is 26.7. The fourth-order valence-electron chi connectivity index (χ4n) is 11.2. The van der Waals surface area contributed by atoms with Gasteiger partial charge in [-0.1, -0.05) is 94.8 Å². The van der Waals surface area contributed by atoms with Crippen LogP contribution in [0.15, 0.2) is 54.6 Å². The van der Waals surface area contributed by atoms with Crippen molar-refractivity contribution in [3.63, 3.8) is 0 Å². The van der Waals surface area contributed by atoms with Gasteiger partial charge in [0.25, 0.3) is 0 Å². The number of rotatable bonds is 36. The van der Waals surface area contributed by atoms with Gasteiger partial charge < -0.3 is 117 Å². The number of esters is 1. The van der Waals surface area contributed by atoms with Crippen LogP contribution in [-0.4, -0.2) is 243 Å². The first-order valence-electron chi connectivity index (χ1n) is 36.3. The number of benzene rings is 2. The number of cyclic esters (lactones) is 1. The van der Waals surface area contributed by atoms with Crippen molar-refractivity contribution in [1.29, 1.82) is 0 Å². The molecule has 1 saturated heterocycles. The van der Waals surface area contributed by atoms with Gasteiger partial charge in [0.2, 0.25) is 82.7 Å². The van der Waals surface area contributed by atoms with Crippen LogP contribution in [0.3, 0.4) is 0 Å². The van der Waals surface area contributed by atoms with Crippen molar-refractivity contribution in [2.45, 2.75) is 216 Å². The Labute approximate surface area is 647 Å². The zero-order valence-corrected chi connectivity index (χ0v) is 62.8. The number of para-hydroxylation sites is 1. The Balaban J connectivity index is 2.28. The third-order valence-corrected chi connectivity index (χ3v) is 17.3. The lowest BCUT2D eigenvalue weighted by atomic mass is 9.96. The molecule has 0 saturated carbocycles. The van der Waals surface area contributed by atoms with E-state index in [4.69, 9.17) is 21.9 Å². The molecule has 1 heterocycles. The number of anilines is 1. The van der Waals surface area contributed by atoms with Gasteiger partial charge in [0.1, 0.15) is 72.6 Å². The van der Waals surface area contributed by atoms with Crippen LogP contribution in [0.2, 0.25) is 0 Å². The van der Waals surface area contributed by atoms with E-state index in [9.17, 15) is 121 Å². The standard InChI is InChI=1S/C71H102N16O26/c1-5-6-7-8-9-10-14-23-52(91)78-43(25-24-39-18-12-11-13-19-39)64(105)82-44(29-51(74)90)66(107)84-47(32-58(100)101)67(108)87-60-38(4)113-71(112)48(28-50(89)40-20-15-16-21-41(40)73)85-70(111)59(36(2)27-55(94)95)86-68(109)49(35-88)80-54(93)33-75-62(103)45(30-56(96)97)81-61(102)37(3)77-65(106)46(31-57(98)99)83-63(104)42(22-17-26-72)79-53(92)34-76-69(60)110/h11-13,15-16,18-21,36-38,42-49,59-60,88H,5-10,14,17,22-35,72-73H2,1-4H3,(H2,74,90)(H,75,103)(H,76,110)(H,77,106)(H,78,91)(H,79,92)(H,80,93)(H,81,102)(H,82,105)(H,83,104)(H,84,107)(H,85,111)(H,86,109)(H,87,108)(H,94,95)(H,96,97)(H,98,99)(H,100,101)/t36-,37+,38+,42-,43-,44-,45-,46-,47-,48-,49+,59-,60-/m0/s1. The van der Waals surface area contributed by atoms with Gasteiger partial charge in [-0.2, -0.15) is 0 Å². The monoisotopic (exact) mass is 1590 g/mol. The number of carbonyl (C=O) groups is 20. The quantitative estimate of drug-likeness (QED) is 0.0131. The van der Waals surface area contributed by atoms with Gasteiger partial charge in [0, 0.05) is 24.1 Å². The van der Waals surface area contributed by atoms with E-state index in [1.54, 1.807) is 30.3 Å². The molecule has 0 bridgehead atoms. The average molecular weight is 1600 g/mol. The Morgan fingerprint density at radius 2 is 1.05 bits per heavy atom. The molecule has 113 heavy (non-hydrogen) atoms. The molecular weight excluding hydrogens is 1490 g/mol. The van der Waals surface area contributed by atoms with Gasteiger partial charge >= 0.3 is 29.8 Å². The van der Waals surface area contributed by atoms with Crippen LogP contribution in [0.1, 0.15) is 153 Å². The van der Waals surface area contributed by atoms with E-state index in [1.807, 2.05) is 16.0 Å². The molecule has 0 radical (unpaired) electrons. The Morgan fingerprint density at radius 1 is 0.531 bits per heavy atom. The molecule has 0 aromatic heterocycles. The average Bonchev–Trinajstić information content (AvgIpc) is 0.847. The molecule has 42 heteroatoms. The summed E-state index contributed by atoms with van der Waals surface area (Å²) in [4.78, 5) is 272. The lowest BCUT2D eigenvalue weighted by Crippen LogP contribution is -2.61. The second-order valence-electron chi connectivity index (χ2n) is 26.7. The van der Waals surface area contributed by atoms with E-state index < -0.39 is 261 Å². The van der Waals surface area contributed by atoms with Crippen molar-refractivity contribution < 1.29 is 126 Å². The summed E-state index contributed by atoms with van der Waals surface area (Å²) in [5.41, 5.74) is 17.6. The number of carboxylic acids is 4. The van der Waals surface area contributed by atoms with E-state index in [-0.39, 0.29) is 43.5 Å². The fourth-order valence-corrected chi connectivity index (χ4v) is 11.2. The Kier molecular flexibility index (Phi) is 41.3. The molecule has 0 unspecified atom stereocenters. The van der Waals surface area contributed by atoms with Crippen molar-refractivity contribution in [3.8, 4) is 0 Å². The molecule has 1 fully saturated rings. The SMILES string of the molecule is CCCCCCCCCC(=O)N[C@@H](CCc1ccccc1)C(=O)N[C@@H](CC(N)=O)C(=O)N[C@@H](CC(=O)O)C(=O)N[C@@H]1C(=O)NCC(=O)N[C@@H](CCCN)C(=O)N[C@@H](CC(=O)O)C(=O)N[C@H](C)C(=O)N[C@@H](CC(=O)O)C(=O)NCC(=O)N[C@H](CO)C(=O)N[C@@H]([C@@H](C)CC(=O)O)C(=O)N[C@@H](CC(=O)c2ccccc2N)C(=O)O[C@@H]1C. The van der Waals surface area contributed by atoms with E-state index in [1.165, 1.54) is 24.3 Å². The molecule has 14 amide bonds. The minimum absolute atomic E-state index is 0.00665. The predicted molar refractivity (Wildman–Crippen MR) is 393 cm³/mol. The number of aryl methyl sites for hydroxylation is 1. The molecular formula is C71H102N16O26. The molecule has 2 aromatic carbocycles. The summed E-state index contributed by atoms with van der Waals surface area (Å²) in [5, 5.41) is 77.9.